The quantitative estimate of drug-likeness (QED) is 0.146. The van der Waals surface area contributed by atoms with Gasteiger partial charge in [0.25, 0.3) is 0 Å². The summed E-state index contributed by atoms with van der Waals surface area (Å²) in [6.07, 6.45) is 8.23. The van der Waals surface area contributed by atoms with Crippen molar-refractivity contribution in [3.05, 3.63) is 115 Å². The molecule has 5 rings (SSSR count). The van der Waals surface area contributed by atoms with Crippen LogP contribution in [-0.2, 0) is 0 Å². The summed E-state index contributed by atoms with van der Waals surface area (Å²) < 4.78 is -2.71. The van der Waals surface area contributed by atoms with E-state index in [1.807, 2.05) is 0 Å². The van der Waals surface area contributed by atoms with Crippen molar-refractivity contribution in [3.8, 4) is 11.1 Å². The zero-order valence-electron chi connectivity index (χ0n) is 21.6. The summed E-state index contributed by atoms with van der Waals surface area (Å²) in [6.45, 7) is 4.84. The third kappa shape index (κ3) is 4.82. The van der Waals surface area contributed by atoms with Crippen molar-refractivity contribution in [2.45, 2.75) is 51.4 Å². The first-order chi connectivity index (χ1) is 17.5. The monoisotopic (exact) mass is 604 g/mol. The molecular weight excluding hydrogens is 566 g/mol. The van der Waals surface area contributed by atoms with Gasteiger partial charge >= 0.3 is 225 Å². The van der Waals surface area contributed by atoms with E-state index in [4.69, 9.17) is 0 Å². The minimum absolute atomic E-state index is 0.728. The number of hydrogen-bond donors (Lipinski definition) is 0. The molecule has 0 spiro atoms. The Morgan fingerprint density at radius 2 is 1.19 bits per heavy atom. The average Bonchev–Trinajstić information content (AvgIpc) is 2.95. The molecule has 0 aromatic heterocycles. The topological polar surface area (TPSA) is 0 Å². The van der Waals surface area contributed by atoms with Crippen LogP contribution in [0.25, 0.3) is 11.1 Å². The van der Waals surface area contributed by atoms with E-state index in [1.165, 1.54) is 71.1 Å². The van der Waals surface area contributed by atoms with Gasteiger partial charge in [0, 0.05) is 0 Å². The summed E-state index contributed by atoms with van der Waals surface area (Å²) in [5.41, 5.74) is 4.21. The molecule has 4 aromatic rings. The van der Waals surface area contributed by atoms with Crippen molar-refractivity contribution in [1.82, 2.24) is 0 Å². The number of hydrogen-bond acceptors (Lipinski definition) is 0. The molecule has 0 aliphatic heterocycles. The van der Waals surface area contributed by atoms with Gasteiger partial charge in [-0.15, -0.1) is 0 Å². The Balaban J connectivity index is 1.55. The van der Waals surface area contributed by atoms with E-state index >= 15 is 0 Å². The predicted molar refractivity (Wildman–Crippen MR) is 170 cm³/mol. The maximum absolute atomic E-state index is 2.84. The Morgan fingerprint density at radius 3 is 1.75 bits per heavy atom. The third-order valence-electron chi connectivity index (χ3n) is 8.45. The van der Waals surface area contributed by atoms with E-state index in [-0.39, 0.29) is 0 Å². The summed E-state index contributed by atoms with van der Waals surface area (Å²) in [5.74, 6) is 1.68. The normalized spacial score (nSPS) is 19.4. The van der Waals surface area contributed by atoms with Crippen LogP contribution in [0.5, 0.6) is 0 Å². The molecular formula is C34H38IP. The zero-order chi connectivity index (χ0) is 25.0. The number of halogens is 1. The van der Waals surface area contributed by atoms with Crippen LogP contribution >= 0.6 is 26.3 Å². The summed E-state index contributed by atoms with van der Waals surface area (Å²) in [6, 6.07) is 41.0. The van der Waals surface area contributed by atoms with E-state index in [1.54, 1.807) is 0 Å². The molecule has 0 heterocycles. The first-order valence-corrected chi connectivity index (χ1v) is 19.0. The van der Waals surface area contributed by atoms with Crippen LogP contribution in [0.1, 0.15) is 56.9 Å². The zero-order valence-corrected chi connectivity index (χ0v) is 24.7. The number of benzene rings is 4. The molecule has 0 saturated heterocycles. The molecule has 36 heavy (non-hydrogen) atoms. The third-order valence-corrected chi connectivity index (χ3v) is 17.9. The Labute approximate surface area is 231 Å². The van der Waals surface area contributed by atoms with Crippen molar-refractivity contribution in [1.29, 1.82) is 0 Å². The van der Waals surface area contributed by atoms with Crippen molar-refractivity contribution in [2.24, 2.45) is 5.92 Å². The first-order valence-electron chi connectivity index (χ1n) is 13.5. The molecule has 0 nitrogen and oxygen atoms in total. The van der Waals surface area contributed by atoms with Gasteiger partial charge in [-0.25, -0.2) is 0 Å². The second-order valence-electron chi connectivity index (χ2n) is 10.7. The minimum atomic E-state index is -2.71. The fourth-order valence-electron chi connectivity index (χ4n) is 6.30. The molecule has 0 atom stereocenters. The van der Waals surface area contributed by atoms with Gasteiger partial charge in [-0.1, -0.05) is 6.92 Å². The predicted octanol–water partition coefficient (Wildman–Crippen LogP) is 9.24. The van der Waals surface area contributed by atoms with Gasteiger partial charge in [0.2, 0.25) is 0 Å². The maximum atomic E-state index is 2.84. The van der Waals surface area contributed by atoms with Gasteiger partial charge in [-0.05, 0) is 0 Å². The molecule has 1 saturated carbocycles. The van der Waals surface area contributed by atoms with Crippen LogP contribution in [0.4, 0.5) is 0 Å². The van der Waals surface area contributed by atoms with Crippen molar-refractivity contribution in [3.63, 3.8) is 0 Å². The Morgan fingerprint density at radius 1 is 0.667 bits per heavy atom. The molecule has 1 fully saturated rings. The molecule has 0 bridgehead atoms. The van der Waals surface area contributed by atoms with Crippen LogP contribution < -0.4 is 15.9 Å². The number of rotatable bonds is 7. The Bertz CT molecular complexity index is 1230. The molecule has 0 N–H and O–H groups in total. The van der Waals surface area contributed by atoms with Crippen LogP contribution in [0.3, 0.4) is 0 Å². The van der Waals surface area contributed by atoms with Gasteiger partial charge in [-0.2, -0.15) is 0 Å². The van der Waals surface area contributed by atoms with Gasteiger partial charge in [0.15, 0.2) is 0 Å². The second-order valence-corrected chi connectivity index (χ2v) is 22.4. The molecule has 2 heteroatoms. The Hall–Kier alpha value is -1.96. The Kier molecular flexibility index (Phi) is 7.70. The van der Waals surface area contributed by atoms with Crippen molar-refractivity contribution in [2.75, 3.05) is 6.66 Å². The van der Waals surface area contributed by atoms with Crippen molar-refractivity contribution < 1.29 is 0 Å². The van der Waals surface area contributed by atoms with Crippen LogP contribution in [-0.4, -0.2) is 6.66 Å². The van der Waals surface area contributed by atoms with Gasteiger partial charge in [0.1, 0.15) is 0 Å². The van der Waals surface area contributed by atoms with E-state index < -0.39 is 4.25 Å². The SMILES string of the molecule is CCCC1CCC(c2ccc(-c3ccccc3P(C)(I)(c3ccccc3)c3ccccc3)cc2)CC1. The molecule has 186 valence electrons. The van der Waals surface area contributed by atoms with E-state index in [2.05, 4.69) is 145 Å². The van der Waals surface area contributed by atoms with Gasteiger partial charge in [-0.3, -0.25) is 0 Å². The first kappa shape index (κ1) is 25.7. The van der Waals surface area contributed by atoms with Gasteiger partial charge in [0.05, 0.1) is 0 Å². The summed E-state index contributed by atoms with van der Waals surface area (Å²) in [4.78, 5) is 0. The molecule has 1 aliphatic rings. The van der Waals surface area contributed by atoms with Crippen molar-refractivity contribution >= 4 is 42.2 Å². The summed E-state index contributed by atoms with van der Waals surface area (Å²) in [7, 11) is 0. The second kappa shape index (κ2) is 10.8. The van der Waals surface area contributed by atoms with E-state index in [0.29, 0.717) is 0 Å². The molecule has 0 unspecified atom stereocenters. The fraction of sp³-hybridized carbons (Fsp3) is 0.294. The molecule has 4 aromatic carbocycles. The molecule has 0 radical (unpaired) electrons. The fourth-order valence-corrected chi connectivity index (χ4v) is 13.3. The average molecular weight is 605 g/mol. The van der Waals surface area contributed by atoms with E-state index in [9.17, 15) is 0 Å². The molecule has 1 aliphatic carbocycles. The van der Waals surface area contributed by atoms with Crippen LogP contribution in [0, 0.1) is 5.92 Å². The standard InChI is InChI=1S/C34H38IP/c1-3-12-27-19-21-28(22-20-27)29-23-25-30(26-24-29)33-17-10-11-18-34(33)36(2,35,31-13-6-4-7-14-31)32-15-8-5-9-16-32/h4-11,13-18,23-28H,3,12,19-22H2,1-2H3. The van der Waals surface area contributed by atoms with E-state index in [0.717, 1.165) is 11.8 Å². The van der Waals surface area contributed by atoms with Crippen LogP contribution in [0.2, 0.25) is 0 Å². The van der Waals surface area contributed by atoms with Gasteiger partial charge < -0.3 is 0 Å². The molecule has 0 amide bonds. The summed E-state index contributed by atoms with van der Waals surface area (Å²) in [5, 5.41) is 4.29. The van der Waals surface area contributed by atoms with Crippen LogP contribution in [0.15, 0.2) is 109 Å². The summed E-state index contributed by atoms with van der Waals surface area (Å²) >= 11 is 2.84.